The van der Waals surface area contributed by atoms with E-state index >= 15 is 0 Å². The van der Waals surface area contributed by atoms with Gasteiger partial charge in [-0.15, -0.1) is 0 Å². The van der Waals surface area contributed by atoms with E-state index < -0.39 is 29.0 Å². The van der Waals surface area contributed by atoms with Crippen molar-refractivity contribution in [3.05, 3.63) is 59.4 Å². The maximum absolute atomic E-state index is 13.2. The third-order valence-corrected chi connectivity index (χ3v) is 4.59. The maximum atomic E-state index is 13.2. The lowest BCUT2D eigenvalue weighted by Crippen LogP contribution is -2.35. The first-order chi connectivity index (χ1) is 13.2. The predicted molar refractivity (Wildman–Crippen MR) is 96.9 cm³/mol. The molecule has 0 bridgehead atoms. The number of rotatable bonds is 4. The van der Waals surface area contributed by atoms with Crippen molar-refractivity contribution in [1.82, 2.24) is 4.90 Å². The topological polar surface area (TPSA) is 41.6 Å². The number of nitrogens with one attached hydrogen (secondary N) is 1. The molecule has 0 aromatic heterocycles. The number of amides is 1. The van der Waals surface area contributed by atoms with E-state index in [-0.39, 0.29) is 6.10 Å². The molecule has 1 fully saturated rings. The van der Waals surface area contributed by atoms with E-state index in [1.54, 1.807) is 24.3 Å². The van der Waals surface area contributed by atoms with Crippen LogP contribution in [0.2, 0.25) is 0 Å². The molecule has 1 heterocycles. The van der Waals surface area contributed by atoms with Crippen molar-refractivity contribution < 1.29 is 27.1 Å². The Kier molecular flexibility index (Phi) is 5.88. The average Bonchev–Trinajstić information content (AvgIpc) is 2.63. The molecule has 4 nitrogen and oxygen atoms in total. The smallest absolute Gasteiger partial charge is 0.417 e. The van der Waals surface area contributed by atoms with Gasteiger partial charge in [0.2, 0.25) is 0 Å². The summed E-state index contributed by atoms with van der Waals surface area (Å²) in [5.41, 5.74) is -1.66. The highest BCUT2D eigenvalue weighted by atomic mass is 19.4. The van der Waals surface area contributed by atoms with E-state index in [1.807, 2.05) is 7.05 Å². The Hall–Kier alpha value is -2.61. The van der Waals surface area contributed by atoms with E-state index in [0.717, 1.165) is 38.1 Å². The molecular formula is C20H20F4N2O2. The number of halogens is 4. The van der Waals surface area contributed by atoms with Crippen molar-refractivity contribution in [2.45, 2.75) is 25.1 Å². The van der Waals surface area contributed by atoms with Crippen LogP contribution in [-0.4, -0.2) is 37.0 Å². The molecule has 150 valence electrons. The third-order valence-electron chi connectivity index (χ3n) is 4.59. The molecule has 1 aliphatic heterocycles. The Labute approximate surface area is 160 Å². The molecule has 8 heteroatoms. The number of carbonyl (C=O) groups excluding carboxylic acids is 1. The zero-order valence-electron chi connectivity index (χ0n) is 15.2. The highest BCUT2D eigenvalue weighted by Crippen LogP contribution is 2.33. The molecule has 28 heavy (non-hydrogen) atoms. The molecule has 0 aliphatic carbocycles. The van der Waals surface area contributed by atoms with Gasteiger partial charge >= 0.3 is 6.18 Å². The molecule has 0 saturated carbocycles. The van der Waals surface area contributed by atoms with Gasteiger partial charge in [-0.2, -0.15) is 13.2 Å². The first kappa shape index (κ1) is 20.1. The van der Waals surface area contributed by atoms with Gasteiger partial charge in [0, 0.05) is 24.8 Å². The van der Waals surface area contributed by atoms with Crippen LogP contribution in [0.3, 0.4) is 0 Å². The summed E-state index contributed by atoms with van der Waals surface area (Å²) in [5, 5.41) is 2.43. The second kappa shape index (κ2) is 8.18. The zero-order chi connectivity index (χ0) is 20.3. The Morgan fingerprint density at radius 3 is 2.54 bits per heavy atom. The van der Waals surface area contributed by atoms with E-state index in [1.165, 1.54) is 0 Å². The van der Waals surface area contributed by atoms with Crippen LogP contribution in [0, 0.1) is 5.82 Å². The quantitative estimate of drug-likeness (QED) is 0.770. The van der Waals surface area contributed by atoms with Crippen molar-refractivity contribution >= 4 is 11.6 Å². The lowest BCUT2D eigenvalue weighted by Gasteiger charge is -2.29. The van der Waals surface area contributed by atoms with Gasteiger partial charge in [-0.05, 0) is 50.2 Å². The second-order valence-corrected chi connectivity index (χ2v) is 6.79. The SMILES string of the molecule is CN1CCC(Oc2cccc(NC(=O)c3ccc(F)cc3C(F)(F)F)c2)CC1. The van der Waals surface area contributed by atoms with E-state index in [4.69, 9.17) is 4.74 Å². The first-order valence-electron chi connectivity index (χ1n) is 8.86. The van der Waals surface area contributed by atoms with E-state index in [2.05, 4.69) is 10.2 Å². The summed E-state index contributed by atoms with van der Waals surface area (Å²) in [6.07, 6.45) is -3.04. The van der Waals surface area contributed by atoms with E-state index in [9.17, 15) is 22.4 Å². The fraction of sp³-hybridized carbons (Fsp3) is 0.350. The summed E-state index contributed by atoms with van der Waals surface area (Å²) in [6.45, 7) is 1.84. The molecule has 0 unspecified atom stereocenters. The fourth-order valence-corrected chi connectivity index (χ4v) is 3.09. The van der Waals surface area contributed by atoms with Gasteiger partial charge in [-0.3, -0.25) is 4.79 Å². The maximum Gasteiger partial charge on any atom is 0.417 e. The Bertz CT molecular complexity index is 846. The summed E-state index contributed by atoms with van der Waals surface area (Å²) >= 11 is 0. The number of hydrogen-bond acceptors (Lipinski definition) is 3. The third kappa shape index (κ3) is 5.01. The standard InChI is InChI=1S/C20H20F4N2O2/c1-26-9-7-15(8-10-26)28-16-4-2-3-14(12-16)25-19(27)17-6-5-13(21)11-18(17)20(22,23)24/h2-6,11-12,15H,7-10H2,1H3,(H,25,27). The van der Waals surface area contributed by atoms with Crippen molar-refractivity contribution in [2.24, 2.45) is 0 Å². The normalized spacial score (nSPS) is 16.0. The number of carbonyl (C=O) groups is 1. The number of nitrogens with zero attached hydrogens (tertiary/aromatic N) is 1. The molecule has 1 N–H and O–H groups in total. The fourth-order valence-electron chi connectivity index (χ4n) is 3.09. The zero-order valence-corrected chi connectivity index (χ0v) is 15.2. The predicted octanol–water partition coefficient (Wildman–Crippen LogP) is 4.57. The number of likely N-dealkylation sites (tertiary alicyclic amines) is 1. The van der Waals surface area contributed by atoms with E-state index in [0.29, 0.717) is 17.5 Å². The summed E-state index contributed by atoms with van der Waals surface area (Å²) in [5.74, 6) is -1.50. The Balaban J connectivity index is 1.73. The number of ether oxygens (including phenoxy) is 1. The molecule has 0 radical (unpaired) electrons. The molecule has 3 rings (SSSR count). The molecule has 2 aromatic rings. The van der Waals surface area contributed by atoms with Gasteiger partial charge in [0.1, 0.15) is 17.7 Å². The van der Waals surface area contributed by atoms with Crippen LogP contribution in [0.15, 0.2) is 42.5 Å². The number of anilines is 1. The molecule has 0 spiro atoms. The average molecular weight is 396 g/mol. The van der Waals surface area contributed by atoms with Crippen molar-refractivity contribution in [3.63, 3.8) is 0 Å². The molecule has 1 saturated heterocycles. The highest BCUT2D eigenvalue weighted by Gasteiger charge is 2.35. The van der Waals surface area contributed by atoms with Gasteiger partial charge in [0.05, 0.1) is 11.1 Å². The largest absolute Gasteiger partial charge is 0.490 e. The molecule has 2 aromatic carbocycles. The number of benzene rings is 2. The van der Waals surface area contributed by atoms with Crippen molar-refractivity contribution in [2.75, 3.05) is 25.5 Å². The molecular weight excluding hydrogens is 376 g/mol. The van der Waals surface area contributed by atoms with Crippen LogP contribution in [0.4, 0.5) is 23.2 Å². The summed E-state index contributed by atoms with van der Waals surface area (Å²) in [7, 11) is 2.04. The van der Waals surface area contributed by atoms with Gasteiger partial charge in [-0.25, -0.2) is 4.39 Å². The number of piperidine rings is 1. The Morgan fingerprint density at radius 1 is 1.14 bits per heavy atom. The van der Waals surface area contributed by atoms with Crippen LogP contribution >= 0.6 is 0 Å². The first-order valence-corrected chi connectivity index (χ1v) is 8.86. The lowest BCUT2D eigenvalue weighted by atomic mass is 10.1. The lowest BCUT2D eigenvalue weighted by molar-refractivity contribution is -0.138. The summed E-state index contributed by atoms with van der Waals surface area (Å²) in [4.78, 5) is 14.6. The summed E-state index contributed by atoms with van der Waals surface area (Å²) < 4.78 is 58.5. The van der Waals surface area contributed by atoms with Gasteiger partial charge in [0.15, 0.2) is 0 Å². The highest BCUT2D eigenvalue weighted by molar-refractivity contribution is 6.05. The van der Waals surface area contributed by atoms with Gasteiger partial charge < -0.3 is 15.0 Å². The number of alkyl halides is 3. The summed E-state index contributed by atoms with van der Waals surface area (Å²) in [6, 6.07) is 8.45. The minimum atomic E-state index is -4.84. The van der Waals surface area contributed by atoms with Crippen LogP contribution in [0.25, 0.3) is 0 Å². The minimum Gasteiger partial charge on any atom is -0.490 e. The molecule has 1 amide bonds. The molecule has 0 atom stereocenters. The van der Waals surface area contributed by atoms with Gasteiger partial charge in [-0.1, -0.05) is 6.07 Å². The number of hydrogen-bond donors (Lipinski definition) is 1. The van der Waals surface area contributed by atoms with Crippen LogP contribution < -0.4 is 10.1 Å². The minimum absolute atomic E-state index is 0.0519. The second-order valence-electron chi connectivity index (χ2n) is 6.79. The van der Waals surface area contributed by atoms with Gasteiger partial charge in [0.25, 0.3) is 5.91 Å². The molecule has 1 aliphatic rings. The van der Waals surface area contributed by atoms with Crippen molar-refractivity contribution in [3.8, 4) is 5.75 Å². The van der Waals surface area contributed by atoms with Crippen molar-refractivity contribution in [1.29, 1.82) is 0 Å². The van der Waals surface area contributed by atoms with Crippen LogP contribution in [-0.2, 0) is 6.18 Å². The van der Waals surface area contributed by atoms with Crippen LogP contribution in [0.5, 0.6) is 5.75 Å². The van der Waals surface area contributed by atoms with Crippen LogP contribution in [0.1, 0.15) is 28.8 Å². The Morgan fingerprint density at radius 2 is 1.86 bits per heavy atom. The monoisotopic (exact) mass is 396 g/mol.